The minimum Gasteiger partial charge on any atom is -0.467 e. The Morgan fingerprint density at radius 3 is 2.47 bits per heavy atom. The number of hydrogen-bond donors (Lipinski definition) is 2. The number of ether oxygens (including phenoxy) is 2. The van der Waals surface area contributed by atoms with E-state index in [9.17, 15) is 0 Å². The maximum absolute atomic E-state index is 5.46. The maximum Gasteiger partial charge on any atom is 0.322 e. The van der Waals surface area contributed by atoms with Gasteiger partial charge in [-0.05, 0) is 14.1 Å². The van der Waals surface area contributed by atoms with Gasteiger partial charge in [0.15, 0.2) is 0 Å². The van der Waals surface area contributed by atoms with E-state index < -0.39 is 0 Å². The third-order valence-electron chi connectivity index (χ3n) is 2.23. The number of anilines is 2. The summed E-state index contributed by atoms with van der Waals surface area (Å²) in [7, 11) is 7.28. The molecule has 0 aromatic carbocycles. The molecule has 19 heavy (non-hydrogen) atoms. The zero-order chi connectivity index (χ0) is 14.1. The van der Waals surface area contributed by atoms with Crippen LogP contribution in [0.4, 0.5) is 11.9 Å². The minimum absolute atomic E-state index is 0.273. The summed E-state index contributed by atoms with van der Waals surface area (Å²) in [6.07, 6.45) is 0. The smallest absolute Gasteiger partial charge is 0.322 e. The second-order valence-corrected chi connectivity index (χ2v) is 4.06. The average Bonchev–Trinajstić information content (AvgIpc) is 2.41. The van der Waals surface area contributed by atoms with Crippen molar-refractivity contribution in [2.45, 2.75) is 0 Å². The van der Waals surface area contributed by atoms with E-state index in [2.05, 4.69) is 30.5 Å². The van der Waals surface area contributed by atoms with Crippen molar-refractivity contribution in [3.05, 3.63) is 0 Å². The molecular weight excluding hydrogens is 248 g/mol. The Morgan fingerprint density at radius 2 is 1.84 bits per heavy atom. The van der Waals surface area contributed by atoms with Gasteiger partial charge in [0.05, 0.1) is 20.3 Å². The standard InChI is InChI=1S/C11H22N6O2/c1-12-9-14-10(16-11(15-9)18-4)13-5-7-19-8-6-17(2)3/h5-8H2,1-4H3,(H2,12,13,14,15,16). The molecule has 1 heterocycles. The van der Waals surface area contributed by atoms with E-state index in [-0.39, 0.29) is 6.01 Å². The van der Waals surface area contributed by atoms with Gasteiger partial charge in [0, 0.05) is 20.1 Å². The quantitative estimate of drug-likeness (QED) is 0.602. The summed E-state index contributed by atoms with van der Waals surface area (Å²) >= 11 is 0. The van der Waals surface area contributed by atoms with E-state index >= 15 is 0 Å². The monoisotopic (exact) mass is 270 g/mol. The average molecular weight is 270 g/mol. The summed E-state index contributed by atoms with van der Waals surface area (Å²) in [6, 6.07) is 0.273. The molecule has 8 heteroatoms. The SMILES string of the molecule is CNc1nc(NCCOCCN(C)C)nc(OC)n1. The maximum atomic E-state index is 5.46. The molecule has 0 spiro atoms. The molecule has 1 aromatic heterocycles. The fourth-order valence-corrected chi connectivity index (χ4v) is 1.22. The van der Waals surface area contributed by atoms with Gasteiger partial charge in [-0.3, -0.25) is 0 Å². The molecule has 1 rings (SSSR count). The van der Waals surface area contributed by atoms with Crippen molar-refractivity contribution in [2.75, 3.05) is 65.2 Å². The number of methoxy groups -OCH3 is 1. The van der Waals surface area contributed by atoms with Crippen molar-refractivity contribution in [2.24, 2.45) is 0 Å². The van der Waals surface area contributed by atoms with Crippen LogP contribution in [0.1, 0.15) is 0 Å². The molecule has 0 radical (unpaired) electrons. The van der Waals surface area contributed by atoms with Crippen LogP contribution in [0, 0.1) is 0 Å². The number of rotatable bonds is 9. The Labute approximate surface area is 113 Å². The van der Waals surface area contributed by atoms with Crippen LogP contribution in [0.15, 0.2) is 0 Å². The third kappa shape index (κ3) is 6.16. The highest BCUT2D eigenvalue weighted by atomic mass is 16.5. The Hall–Kier alpha value is -1.67. The van der Waals surface area contributed by atoms with Gasteiger partial charge in [0.2, 0.25) is 11.9 Å². The lowest BCUT2D eigenvalue weighted by atomic mass is 10.6. The van der Waals surface area contributed by atoms with Crippen LogP contribution in [-0.4, -0.2) is 74.4 Å². The molecule has 0 saturated heterocycles. The molecule has 8 nitrogen and oxygen atoms in total. The third-order valence-corrected chi connectivity index (χ3v) is 2.23. The molecule has 0 bridgehead atoms. The van der Waals surface area contributed by atoms with Crippen LogP contribution in [0.2, 0.25) is 0 Å². The van der Waals surface area contributed by atoms with Crippen molar-refractivity contribution in [3.63, 3.8) is 0 Å². The summed E-state index contributed by atoms with van der Waals surface area (Å²) in [5, 5.41) is 5.91. The summed E-state index contributed by atoms with van der Waals surface area (Å²) in [4.78, 5) is 14.3. The van der Waals surface area contributed by atoms with Gasteiger partial charge in [-0.2, -0.15) is 15.0 Å². The van der Waals surface area contributed by atoms with E-state index in [1.165, 1.54) is 7.11 Å². The van der Waals surface area contributed by atoms with E-state index in [0.29, 0.717) is 31.7 Å². The summed E-state index contributed by atoms with van der Waals surface area (Å²) < 4.78 is 10.4. The van der Waals surface area contributed by atoms with Crippen LogP contribution in [-0.2, 0) is 4.74 Å². The summed E-state index contributed by atoms with van der Waals surface area (Å²) in [6.45, 7) is 2.83. The van der Waals surface area contributed by atoms with E-state index in [1.807, 2.05) is 14.1 Å². The first-order valence-corrected chi connectivity index (χ1v) is 6.10. The van der Waals surface area contributed by atoms with Crippen molar-refractivity contribution in [1.82, 2.24) is 19.9 Å². The molecule has 0 unspecified atom stereocenters. The predicted molar refractivity (Wildman–Crippen MR) is 73.8 cm³/mol. The Kier molecular flexibility index (Phi) is 6.83. The molecule has 0 amide bonds. The number of aromatic nitrogens is 3. The normalized spacial score (nSPS) is 10.6. The predicted octanol–water partition coefficient (Wildman–Crippen LogP) is -0.0880. The molecule has 0 atom stereocenters. The van der Waals surface area contributed by atoms with Crippen LogP contribution >= 0.6 is 0 Å². The van der Waals surface area contributed by atoms with Crippen molar-refractivity contribution in [3.8, 4) is 6.01 Å². The Morgan fingerprint density at radius 1 is 1.11 bits per heavy atom. The lowest BCUT2D eigenvalue weighted by Gasteiger charge is -2.10. The van der Waals surface area contributed by atoms with E-state index in [0.717, 1.165) is 6.54 Å². The molecule has 0 aliphatic rings. The zero-order valence-corrected chi connectivity index (χ0v) is 11.9. The molecule has 0 aliphatic heterocycles. The van der Waals surface area contributed by atoms with Gasteiger partial charge in [0.1, 0.15) is 0 Å². The second kappa shape index (κ2) is 8.44. The van der Waals surface area contributed by atoms with E-state index in [4.69, 9.17) is 9.47 Å². The first kappa shape index (κ1) is 15.4. The van der Waals surface area contributed by atoms with Crippen molar-refractivity contribution < 1.29 is 9.47 Å². The summed E-state index contributed by atoms with van der Waals surface area (Å²) in [5.74, 6) is 0.926. The molecule has 1 aromatic rings. The minimum atomic E-state index is 0.273. The number of likely N-dealkylation sites (N-methyl/N-ethyl adjacent to an activating group) is 1. The van der Waals surface area contributed by atoms with Gasteiger partial charge in [-0.15, -0.1) is 0 Å². The fraction of sp³-hybridized carbons (Fsp3) is 0.727. The first-order chi connectivity index (χ1) is 9.15. The largest absolute Gasteiger partial charge is 0.467 e. The second-order valence-electron chi connectivity index (χ2n) is 4.06. The number of nitrogens with one attached hydrogen (secondary N) is 2. The molecule has 0 fully saturated rings. The van der Waals surface area contributed by atoms with Gasteiger partial charge in [-0.1, -0.05) is 0 Å². The molecular formula is C11H22N6O2. The van der Waals surface area contributed by atoms with Crippen LogP contribution in [0.5, 0.6) is 6.01 Å². The molecule has 108 valence electrons. The van der Waals surface area contributed by atoms with Crippen LogP contribution < -0.4 is 15.4 Å². The highest BCUT2D eigenvalue weighted by Gasteiger charge is 2.04. The van der Waals surface area contributed by atoms with Gasteiger partial charge < -0.3 is 25.0 Å². The Bertz CT molecular complexity index is 352. The van der Waals surface area contributed by atoms with E-state index in [1.54, 1.807) is 7.05 Å². The van der Waals surface area contributed by atoms with Crippen molar-refractivity contribution >= 4 is 11.9 Å². The van der Waals surface area contributed by atoms with Gasteiger partial charge in [-0.25, -0.2) is 0 Å². The zero-order valence-electron chi connectivity index (χ0n) is 11.9. The van der Waals surface area contributed by atoms with Crippen molar-refractivity contribution in [1.29, 1.82) is 0 Å². The molecule has 0 aliphatic carbocycles. The fourth-order valence-electron chi connectivity index (χ4n) is 1.22. The first-order valence-electron chi connectivity index (χ1n) is 6.10. The highest BCUT2D eigenvalue weighted by molar-refractivity contribution is 5.35. The topological polar surface area (TPSA) is 84.4 Å². The van der Waals surface area contributed by atoms with Gasteiger partial charge >= 0.3 is 6.01 Å². The Balaban J connectivity index is 2.32. The highest BCUT2D eigenvalue weighted by Crippen LogP contribution is 2.09. The summed E-state index contributed by atoms with van der Waals surface area (Å²) in [5.41, 5.74) is 0. The van der Waals surface area contributed by atoms with Gasteiger partial charge in [0.25, 0.3) is 0 Å². The number of nitrogens with zero attached hydrogens (tertiary/aromatic N) is 4. The lowest BCUT2D eigenvalue weighted by Crippen LogP contribution is -2.20. The molecule has 2 N–H and O–H groups in total. The number of hydrogen-bond acceptors (Lipinski definition) is 8. The van der Waals surface area contributed by atoms with Crippen LogP contribution in [0.25, 0.3) is 0 Å². The lowest BCUT2D eigenvalue weighted by molar-refractivity contribution is 0.126. The van der Waals surface area contributed by atoms with Crippen LogP contribution in [0.3, 0.4) is 0 Å². The molecule has 0 saturated carbocycles.